The Balaban J connectivity index is 2.49. The molecular weight excluding hydrogens is 90.1 g/mol. The molecule has 7 heavy (non-hydrogen) atoms. The fourth-order valence-electron chi connectivity index (χ4n) is 0.466. The maximum absolute atomic E-state index is 8.57. The van der Waals surface area contributed by atoms with Crippen LogP contribution in [-0.2, 0) is 0 Å². The van der Waals surface area contributed by atoms with Gasteiger partial charge in [-0.25, -0.2) is 5.06 Å². The number of hydrogen-bond donors (Lipinski definition) is 1. The minimum Gasteiger partial charge on any atom is -0.285 e. The molecule has 0 aromatic rings. The minimum atomic E-state index is 0.928. The normalized spacial score (nSPS) is 18.1. The number of hydroxylamine groups is 2. The Labute approximate surface area is 42.3 Å². The lowest BCUT2D eigenvalue weighted by Gasteiger charge is -2.06. The van der Waals surface area contributed by atoms with Crippen LogP contribution in [0.15, 0.2) is 24.6 Å². The van der Waals surface area contributed by atoms with Crippen molar-refractivity contribution in [3.63, 3.8) is 0 Å². The zero-order valence-electron chi connectivity index (χ0n) is 3.91. The van der Waals surface area contributed by atoms with Gasteiger partial charge in [0.05, 0.1) is 0 Å². The first-order chi connectivity index (χ1) is 3.39. The highest BCUT2D eigenvalue weighted by Crippen LogP contribution is 1.96. The number of rotatable bonds is 0. The molecule has 0 unspecified atom stereocenters. The van der Waals surface area contributed by atoms with E-state index in [-0.39, 0.29) is 0 Å². The zero-order valence-corrected chi connectivity index (χ0v) is 3.91. The Hall–Kier alpha value is -0.760. The van der Waals surface area contributed by atoms with E-state index in [2.05, 4.69) is 0 Å². The van der Waals surface area contributed by atoms with Gasteiger partial charge in [-0.2, -0.15) is 0 Å². The topological polar surface area (TPSA) is 23.5 Å². The van der Waals surface area contributed by atoms with E-state index < -0.39 is 0 Å². The smallest absolute Gasteiger partial charge is 0.0287 e. The van der Waals surface area contributed by atoms with Gasteiger partial charge in [0.25, 0.3) is 0 Å². The van der Waals surface area contributed by atoms with Gasteiger partial charge in [0.15, 0.2) is 0 Å². The van der Waals surface area contributed by atoms with E-state index >= 15 is 0 Å². The van der Waals surface area contributed by atoms with E-state index in [4.69, 9.17) is 5.21 Å². The molecule has 0 saturated heterocycles. The van der Waals surface area contributed by atoms with Gasteiger partial charge in [-0.3, -0.25) is 5.21 Å². The Morgan fingerprint density at radius 3 is 2.14 bits per heavy atom. The molecule has 0 radical (unpaired) electrons. The summed E-state index contributed by atoms with van der Waals surface area (Å²) in [5.74, 6) is 0. The van der Waals surface area contributed by atoms with Crippen molar-refractivity contribution in [2.45, 2.75) is 6.42 Å². The molecule has 2 nitrogen and oxygen atoms in total. The summed E-state index contributed by atoms with van der Waals surface area (Å²) in [6.45, 7) is 0. The van der Waals surface area contributed by atoms with Crippen LogP contribution < -0.4 is 0 Å². The molecule has 1 N–H and O–H groups in total. The lowest BCUT2D eigenvalue weighted by atomic mass is 10.3. The van der Waals surface area contributed by atoms with Crippen molar-refractivity contribution in [2.75, 3.05) is 0 Å². The summed E-state index contributed by atoms with van der Waals surface area (Å²) in [6, 6.07) is 0. The molecule has 0 aliphatic carbocycles. The third-order valence-corrected chi connectivity index (χ3v) is 0.788. The first-order valence-electron chi connectivity index (χ1n) is 2.20. The van der Waals surface area contributed by atoms with Gasteiger partial charge in [0.1, 0.15) is 0 Å². The summed E-state index contributed by atoms with van der Waals surface area (Å²) in [5.41, 5.74) is 0. The fraction of sp³-hybridized carbons (Fsp3) is 0.200. The molecule has 1 aliphatic heterocycles. The quantitative estimate of drug-likeness (QED) is 0.489. The molecule has 0 atom stereocenters. The monoisotopic (exact) mass is 97.1 g/mol. The van der Waals surface area contributed by atoms with Crippen LogP contribution in [0.2, 0.25) is 0 Å². The van der Waals surface area contributed by atoms with Gasteiger partial charge in [-0.05, 0) is 6.42 Å². The van der Waals surface area contributed by atoms with E-state index in [0.717, 1.165) is 11.5 Å². The summed E-state index contributed by atoms with van der Waals surface area (Å²) in [7, 11) is 0. The largest absolute Gasteiger partial charge is 0.285 e. The molecule has 1 rings (SSSR count). The van der Waals surface area contributed by atoms with Crippen molar-refractivity contribution in [3.05, 3.63) is 24.6 Å². The second kappa shape index (κ2) is 1.80. The molecular formula is C5H7NO. The van der Waals surface area contributed by atoms with Crippen LogP contribution >= 0.6 is 0 Å². The molecule has 0 spiro atoms. The Bertz CT molecular complexity index is 94.6. The highest BCUT2D eigenvalue weighted by Gasteiger charge is 1.86. The summed E-state index contributed by atoms with van der Waals surface area (Å²) in [5, 5.41) is 9.60. The maximum Gasteiger partial charge on any atom is 0.0287 e. The van der Waals surface area contributed by atoms with Crippen LogP contribution in [0.1, 0.15) is 6.42 Å². The molecule has 0 amide bonds. The van der Waals surface area contributed by atoms with Crippen molar-refractivity contribution >= 4 is 0 Å². The molecule has 1 aliphatic rings. The average Bonchev–Trinajstić information content (AvgIpc) is 1.69. The van der Waals surface area contributed by atoms with Crippen LogP contribution in [0.4, 0.5) is 0 Å². The summed E-state index contributed by atoms with van der Waals surface area (Å²) in [6.07, 6.45) is 7.90. The SMILES string of the molecule is ON1C=CCC=C1. The second-order valence-corrected chi connectivity index (χ2v) is 1.39. The van der Waals surface area contributed by atoms with Gasteiger partial charge in [0.2, 0.25) is 0 Å². The van der Waals surface area contributed by atoms with Crippen LogP contribution in [0.3, 0.4) is 0 Å². The predicted molar refractivity (Wildman–Crippen MR) is 26.5 cm³/mol. The first kappa shape index (κ1) is 4.40. The fourth-order valence-corrected chi connectivity index (χ4v) is 0.466. The molecule has 2 heteroatoms. The first-order valence-corrected chi connectivity index (χ1v) is 2.20. The van der Waals surface area contributed by atoms with Crippen LogP contribution in [0.25, 0.3) is 0 Å². The van der Waals surface area contributed by atoms with E-state index in [1.165, 1.54) is 0 Å². The number of allylic oxidation sites excluding steroid dienone is 2. The summed E-state index contributed by atoms with van der Waals surface area (Å²) < 4.78 is 0. The van der Waals surface area contributed by atoms with E-state index in [1.54, 1.807) is 12.4 Å². The van der Waals surface area contributed by atoms with Gasteiger partial charge in [-0.15, -0.1) is 0 Å². The van der Waals surface area contributed by atoms with Gasteiger partial charge >= 0.3 is 0 Å². The third kappa shape index (κ3) is 1.05. The molecule has 0 fully saturated rings. The third-order valence-electron chi connectivity index (χ3n) is 0.788. The zero-order chi connectivity index (χ0) is 5.11. The van der Waals surface area contributed by atoms with Gasteiger partial charge in [0, 0.05) is 12.4 Å². The van der Waals surface area contributed by atoms with Crippen LogP contribution in [-0.4, -0.2) is 10.3 Å². The van der Waals surface area contributed by atoms with Crippen LogP contribution in [0, 0.1) is 0 Å². The average molecular weight is 97.1 g/mol. The van der Waals surface area contributed by atoms with Crippen molar-refractivity contribution in [1.29, 1.82) is 0 Å². The highest BCUT2D eigenvalue weighted by molar-refractivity contribution is 4.98. The van der Waals surface area contributed by atoms with Crippen molar-refractivity contribution in [3.8, 4) is 0 Å². The molecule has 0 saturated carbocycles. The Morgan fingerprint density at radius 2 is 1.86 bits per heavy atom. The lowest BCUT2D eigenvalue weighted by Crippen LogP contribution is -2.02. The molecule has 1 heterocycles. The standard InChI is InChI=1S/C5H7NO/c7-6-4-2-1-3-5-6/h2-5,7H,1H2. The van der Waals surface area contributed by atoms with Gasteiger partial charge < -0.3 is 0 Å². The van der Waals surface area contributed by atoms with E-state index in [1.807, 2.05) is 12.2 Å². The molecule has 0 bridgehead atoms. The number of nitrogens with zero attached hydrogens (tertiary/aromatic N) is 1. The Kier molecular flexibility index (Phi) is 1.13. The maximum atomic E-state index is 8.57. The molecule has 38 valence electrons. The molecule has 0 aromatic heterocycles. The van der Waals surface area contributed by atoms with Crippen LogP contribution in [0.5, 0.6) is 0 Å². The Morgan fingerprint density at radius 1 is 1.29 bits per heavy atom. The predicted octanol–water partition coefficient (Wildman–Crippen LogP) is 1.11. The lowest BCUT2D eigenvalue weighted by molar-refractivity contribution is 0.00963. The van der Waals surface area contributed by atoms with Crippen molar-refractivity contribution in [2.24, 2.45) is 0 Å². The van der Waals surface area contributed by atoms with Gasteiger partial charge in [-0.1, -0.05) is 12.2 Å². The summed E-state index contributed by atoms with van der Waals surface area (Å²) in [4.78, 5) is 0. The second-order valence-electron chi connectivity index (χ2n) is 1.39. The van der Waals surface area contributed by atoms with Crippen molar-refractivity contribution in [1.82, 2.24) is 5.06 Å². The molecule has 0 aromatic carbocycles. The summed E-state index contributed by atoms with van der Waals surface area (Å²) >= 11 is 0. The number of hydrogen-bond acceptors (Lipinski definition) is 2. The van der Waals surface area contributed by atoms with E-state index in [9.17, 15) is 0 Å². The van der Waals surface area contributed by atoms with Crippen molar-refractivity contribution < 1.29 is 5.21 Å². The highest BCUT2D eigenvalue weighted by atomic mass is 16.5. The minimum absolute atomic E-state index is 0.928. The van der Waals surface area contributed by atoms with E-state index in [0.29, 0.717) is 0 Å².